The van der Waals surface area contributed by atoms with Crippen molar-refractivity contribution in [3.63, 3.8) is 0 Å². The number of methoxy groups -OCH3 is 2. The highest BCUT2D eigenvalue weighted by atomic mass is 16.5. The van der Waals surface area contributed by atoms with E-state index in [9.17, 15) is 4.79 Å². The normalized spacial score (nSPS) is 14.2. The van der Waals surface area contributed by atoms with Crippen molar-refractivity contribution in [2.75, 3.05) is 45.3 Å². The van der Waals surface area contributed by atoms with Crippen LogP contribution in [0.1, 0.15) is 24.0 Å². The summed E-state index contributed by atoms with van der Waals surface area (Å²) in [5.74, 6) is 3.88. The summed E-state index contributed by atoms with van der Waals surface area (Å²) in [6.45, 7) is 6.86. The van der Waals surface area contributed by atoms with E-state index >= 15 is 0 Å². The molecule has 1 amide bonds. The van der Waals surface area contributed by atoms with Gasteiger partial charge in [-0.2, -0.15) is 4.98 Å². The Kier molecular flexibility index (Phi) is 5.92. The summed E-state index contributed by atoms with van der Waals surface area (Å²) in [4.78, 5) is 21.7. The predicted molar refractivity (Wildman–Crippen MR) is 117 cm³/mol. The Morgan fingerprint density at radius 3 is 2.29 bits per heavy atom. The second-order valence-corrected chi connectivity index (χ2v) is 7.63. The maximum Gasteiger partial charge on any atom is 0.257 e. The van der Waals surface area contributed by atoms with Crippen LogP contribution in [0.25, 0.3) is 5.78 Å². The third kappa shape index (κ3) is 4.26. The summed E-state index contributed by atoms with van der Waals surface area (Å²) < 4.78 is 12.6. The number of piperazine rings is 1. The molecular formula is C22H28N6O3. The Morgan fingerprint density at radius 1 is 1.00 bits per heavy atom. The predicted octanol–water partition coefficient (Wildman–Crippen LogP) is 1.90. The first kappa shape index (κ1) is 20.9. The van der Waals surface area contributed by atoms with Gasteiger partial charge >= 0.3 is 0 Å². The molecule has 1 fully saturated rings. The summed E-state index contributed by atoms with van der Waals surface area (Å²) >= 11 is 0. The Balaban J connectivity index is 1.42. The summed E-state index contributed by atoms with van der Waals surface area (Å²) in [5, 5.41) is 8.44. The van der Waals surface area contributed by atoms with Crippen LogP contribution in [0.5, 0.6) is 11.5 Å². The van der Waals surface area contributed by atoms with E-state index < -0.39 is 0 Å². The van der Waals surface area contributed by atoms with Crippen LogP contribution >= 0.6 is 0 Å². The monoisotopic (exact) mass is 424 g/mol. The molecule has 164 valence electrons. The first-order valence-electron chi connectivity index (χ1n) is 10.5. The number of rotatable bonds is 6. The molecule has 0 spiro atoms. The Labute approximate surface area is 181 Å². The zero-order valence-corrected chi connectivity index (χ0v) is 18.5. The molecule has 0 bridgehead atoms. The fourth-order valence-electron chi connectivity index (χ4n) is 3.96. The van der Waals surface area contributed by atoms with Crippen LogP contribution in [0.3, 0.4) is 0 Å². The van der Waals surface area contributed by atoms with Crippen LogP contribution in [-0.2, 0) is 17.6 Å². The average molecular weight is 425 g/mol. The summed E-state index contributed by atoms with van der Waals surface area (Å²) in [7, 11) is 3.21. The number of nitrogens with zero attached hydrogens (tertiary/aromatic N) is 6. The summed E-state index contributed by atoms with van der Waals surface area (Å²) in [6.07, 6.45) is 1.12. The zero-order chi connectivity index (χ0) is 22.0. The van der Waals surface area contributed by atoms with Gasteiger partial charge in [-0.3, -0.25) is 9.20 Å². The smallest absolute Gasteiger partial charge is 0.257 e. The first-order valence-corrected chi connectivity index (χ1v) is 10.5. The van der Waals surface area contributed by atoms with Crippen molar-refractivity contribution < 1.29 is 14.3 Å². The van der Waals surface area contributed by atoms with Crippen LogP contribution in [0.15, 0.2) is 24.3 Å². The number of hydrogen-bond donors (Lipinski definition) is 0. The van der Waals surface area contributed by atoms with E-state index in [0.717, 1.165) is 42.4 Å². The minimum Gasteiger partial charge on any atom is -0.497 e. The number of benzene rings is 1. The van der Waals surface area contributed by atoms with Gasteiger partial charge in [-0.25, -0.2) is 0 Å². The molecule has 1 aromatic carbocycles. The van der Waals surface area contributed by atoms with Crippen LogP contribution in [0, 0.1) is 6.92 Å². The lowest BCUT2D eigenvalue weighted by Gasteiger charge is -2.35. The fourth-order valence-corrected chi connectivity index (χ4v) is 3.96. The van der Waals surface area contributed by atoms with Crippen LogP contribution in [0.2, 0.25) is 0 Å². The highest BCUT2D eigenvalue weighted by molar-refractivity contribution is 5.79. The lowest BCUT2D eigenvalue weighted by Crippen LogP contribution is -2.49. The molecule has 9 heteroatoms. The third-order valence-corrected chi connectivity index (χ3v) is 5.66. The molecule has 0 aliphatic carbocycles. The van der Waals surface area contributed by atoms with E-state index in [1.165, 1.54) is 0 Å². The fraction of sp³-hybridized carbons (Fsp3) is 0.455. The molecule has 0 radical (unpaired) electrons. The van der Waals surface area contributed by atoms with Crippen LogP contribution in [-0.4, -0.2) is 70.8 Å². The largest absolute Gasteiger partial charge is 0.497 e. The average Bonchev–Trinajstić information content (AvgIpc) is 3.22. The molecule has 31 heavy (non-hydrogen) atoms. The van der Waals surface area contributed by atoms with Gasteiger partial charge in [-0.15, -0.1) is 10.2 Å². The lowest BCUT2D eigenvalue weighted by atomic mass is 10.1. The van der Waals surface area contributed by atoms with Gasteiger partial charge in [0.25, 0.3) is 5.78 Å². The molecule has 3 aromatic rings. The number of anilines is 1. The van der Waals surface area contributed by atoms with Crippen molar-refractivity contribution in [2.45, 2.75) is 26.7 Å². The quantitative estimate of drug-likeness (QED) is 0.597. The molecular weight excluding hydrogens is 396 g/mol. The molecule has 3 heterocycles. The summed E-state index contributed by atoms with van der Waals surface area (Å²) in [6, 6.07) is 7.62. The molecule has 0 N–H and O–H groups in total. The first-order chi connectivity index (χ1) is 15.0. The van der Waals surface area contributed by atoms with Gasteiger partial charge in [0.05, 0.1) is 20.6 Å². The van der Waals surface area contributed by atoms with Gasteiger partial charge in [-0.1, -0.05) is 6.92 Å². The van der Waals surface area contributed by atoms with E-state index in [-0.39, 0.29) is 5.91 Å². The topological polar surface area (TPSA) is 85.1 Å². The Hall–Kier alpha value is -3.36. The lowest BCUT2D eigenvalue weighted by molar-refractivity contribution is -0.130. The second-order valence-electron chi connectivity index (χ2n) is 7.63. The van der Waals surface area contributed by atoms with Crippen molar-refractivity contribution in [2.24, 2.45) is 0 Å². The molecule has 9 nitrogen and oxygen atoms in total. The molecule has 1 aliphatic rings. The van der Waals surface area contributed by atoms with E-state index in [2.05, 4.69) is 33.1 Å². The maximum absolute atomic E-state index is 12.9. The molecule has 0 unspecified atom stereocenters. The minimum absolute atomic E-state index is 0.0968. The maximum atomic E-state index is 12.9. The van der Waals surface area contributed by atoms with Crippen molar-refractivity contribution in [1.29, 1.82) is 0 Å². The Morgan fingerprint density at radius 2 is 1.68 bits per heavy atom. The number of ether oxygens (including phenoxy) is 2. The molecule has 2 aromatic heterocycles. The molecule has 0 atom stereocenters. The van der Waals surface area contributed by atoms with Gasteiger partial charge in [0.2, 0.25) is 5.91 Å². The molecule has 1 aliphatic heterocycles. The molecule has 0 saturated carbocycles. The van der Waals surface area contributed by atoms with Gasteiger partial charge in [-0.05, 0) is 24.6 Å². The van der Waals surface area contributed by atoms with Crippen molar-refractivity contribution in [1.82, 2.24) is 24.5 Å². The van der Waals surface area contributed by atoms with Gasteiger partial charge in [0.15, 0.2) is 0 Å². The van der Waals surface area contributed by atoms with Gasteiger partial charge in [0.1, 0.15) is 23.1 Å². The number of hydrogen-bond acceptors (Lipinski definition) is 7. The number of carbonyl (C=O) groups excluding carboxylic acids is 1. The molecule has 1 saturated heterocycles. The number of fused-ring (bicyclic) bond motifs is 1. The number of aromatic nitrogens is 4. The van der Waals surface area contributed by atoms with E-state index in [4.69, 9.17) is 9.47 Å². The van der Waals surface area contributed by atoms with E-state index in [0.29, 0.717) is 36.8 Å². The second kappa shape index (κ2) is 8.79. The zero-order valence-electron chi connectivity index (χ0n) is 18.5. The van der Waals surface area contributed by atoms with E-state index in [1.54, 1.807) is 20.3 Å². The standard InChI is InChI=1S/C22H28N6O3/c1-5-19-24-25-22-23-20(10-15(2)28(19)22)26-6-8-27(9-7-26)21(29)13-16-11-17(30-3)14-18(12-16)31-4/h10-12,14H,5-9,13H2,1-4H3. The number of carbonyl (C=O) groups is 1. The summed E-state index contributed by atoms with van der Waals surface area (Å²) in [5.41, 5.74) is 1.94. The van der Waals surface area contributed by atoms with Crippen molar-refractivity contribution in [3.05, 3.63) is 41.3 Å². The minimum atomic E-state index is 0.0968. The Bertz CT molecular complexity index is 1070. The number of amides is 1. The number of aryl methyl sites for hydroxylation is 2. The highest BCUT2D eigenvalue weighted by Crippen LogP contribution is 2.24. The highest BCUT2D eigenvalue weighted by Gasteiger charge is 2.23. The molecule has 4 rings (SSSR count). The van der Waals surface area contributed by atoms with E-state index in [1.807, 2.05) is 28.4 Å². The van der Waals surface area contributed by atoms with Crippen molar-refractivity contribution in [3.8, 4) is 11.5 Å². The van der Waals surface area contributed by atoms with Crippen molar-refractivity contribution >= 4 is 17.5 Å². The third-order valence-electron chi connectivity index (χ3n) is 5.66. The van der Waals surface area contributed by atoms with Crippen LogP contribution < -0.4 is 14.4 Å². The van der Waals surface area contributed by atoms with Crippen LogP contribution in [0.4, 0.5) is 5.82 Å². The van der Waals surface area contributed by atoms with Gasteiger partial charge in [0, 0.05) is 50.4 Å². The van der Waals surface area contributed by atoms with Gasteiger partial charge < -0.3 is 19.3 Å². The SMILES string of the molecule is CCc1nnc2nc(N3CCN(C(=O)Cc4cc(OC)cc(OC)c4)CC3)cc(C)n12.